The molecule has 0 radical (unpaired) electrons. The molecule has 1 rings (SSSR count). The Labute approximate surface area is 109 Å². The molecule has 1 fully saturated rings. The van der Waals surface area contributed by atoms with Gasteiger partial charge in [-0.3, -0.25) is 13.8 Å². The number of carbonyl (C=O) groups is 1. The van der Waals surface area contributed by atoms with Crippen LogP contribution in [0.5, 0.6) is 0 Å². The Kier molecular flexibility index (Phi) is 5.83. The van der Waals surface area contributed by atoms with Crippen LogP contribution in [-0.4, -0.2) is 29.3 Å². The Balaban J connectivity index is 2.92. The molecule has 1 aliphatic rings. The Hall–Kier alpha value is -0.380. The number of rotatable bonds is 5. The molecular weight excluding hydrogens is 253 g/mol. The van der Waals surface area contributed by atoms with E-state index in [-0.39, 0.29) is 18.1 Å². The quantitative estimate of drug-likeness (QED) is 0.723. The second-order valence-electron chi connectivity index (χ2n) is 5.10. The van der Waals surface area contributed by atoms with Crippen LogP contribution >= 0.6 is 7.75 Å². The lowest BCUT2D eigenvalue weighted by Gasteiger charge is -2.31. The molecule has 106 valence electrons. The van der Waals surface area contributed by atoms with E-state index in [4.69, 9.17) is 9.05 Å². The van der Waals surface area contributed by atoms with Gasteiger partial charge >= 0.3 is 7.75 Å². The Bertz CT molecular complexity index is 316. The molecule has 1 saturated heterocycles. The smallest absolute Gasteiger partial charge is 0.289 e. The minimum atomic E-state index is -3.51. The van der Waals surface area contributed by atoms with E-state index in [0.717, 1.165) is 19.3 Å². The van der Waals surface area contributed by atoms with Gasteiger partial charge in [0.25, 0.3) is 0 Å². The average molecular weight is 277 g/mol. The maximum absolute atomic E-state index is 12.8. The SMILES string of the molecule is CC(C)OP(=O)(OC(C)C)N1CCCCCC1=O. The topological polar surface area (TPSA) is 55.8 Å². The molecule has 1 heterocycles. The second-order valence-corrected chi connectivity index (χ2v) is 6.95. The molecule has 0 aromatic heterocycles. The van der Waals surface area contributed by atoms with Crippen LogP contribution in [0.25, 0.3) is 0 Å². The first-order chi connectivity index (χ1) is 8.35. The van der Waals surface area contributed by atoms with Crippen molar-refractivity contribution in [1.29, 1.82) is 0 Å². The number of amides is 1. The molecule has 0 atom stereocenters. The van der Waals surface area contributed by atoms with Crippen LogP contribution in [0.4, 0.5) is 0 Å². The first kappa shape index (κ1) is 15.7. The molecular formula is C12H24NO4P. The van der Waals surface area contributed by atoms with Crippen molar-refractivity contribution in [2.45, 2.75) is 65.6 Å². The van der Waals surface area contributed by atoms with Crippen LogP contribution in [0.15, 0.2) is 0 Å². The van der Waals surface area contributed by atoms with Gasteiger partial charge in [-0.05, 0) is 40.5 Å². The third-order valence-electron chi connectivity index (χ3n) is 2.53. The summed E-state index contributed by atoms with van der Waals surface area (Å²) in [5, 5.41) is 0. The lowest BCUT2D eigenvalue weighted by Crippen LogP contribution is -2.31. The summed E-state index contributed by atoms with van der Waals surface area (Å²) in [4.78, 5) is 12.0. The first-order valence-corrected chi connectivity index (χ1v) is 8.12. The highest BCUT2D eigenvalue weighted by atomic mass is 31.2. The number of hydrogen-bond acceptors (Lipinski definition) is 4. The van der Waals surface area contributed by atoms with E-state index >= 15 is 0 Å². The Morgan fingerprint density at radius 3 is 2.11 bits per heavy atom. The highest BCUT2D eigenvalue weighted by Crippen LogP contribution is 2.54. The summed E-state index contributed by atoms with van der Waals surface area (Å²) in [6, 6.07) is 0. The largest absolute Gasteiger partial charge is 0.437 e. The fourth-order valence-corrected chi connectivity index (χ4v) is 4.00. The first-order valence-electron chi connectivity index (χ1n) is 6.63. The monoisotopic (exact) mass is 277 g/mol. The molecule has 0 N–H and O–H groups in total. The molecule has 1 aliphatic heterocycles. The summed E-state index contributed by atoms with van der Waals surface area (Å²) >= 11 is 0. The minimum absolute atomic E-state index is 0.128. The summed E-state index contributed by atoms with van der Waals surface area (Å²) in [5.41, 5.74) is 0. The van der Waals surface area contributed by atoms with Crippen molar-refractivity contribution in [2.75, 3.05) is 6.54 Å². The predicted molar refractivity (Wildman–Crippen MR) is 70.2 cm³/mol. The fraction of sp³-hybridized carbons (Fsp3) is 0.917. The van der Waals surface area contributed by atoms with Crippen LogP contribution in [0.2, 0.25) is 0 Å². The van der Waals surface area contributed by atoms with Gasteiger partial charge in [0.1, 0.15) is 0 Å². The summed E-state index contributed by atoms with van der Waals surface area (Å²) in [7, 11) is -3.51. The highest BCUT2D eigenvalue weighted by Gasteiger charge is 2.39. The normalized spacial score (nSPS) is 18.6. The lowest BCUT2D eigenvalue weighted by atomic mass is 10.2. The van der Waals surface area contributed by atoms with Gasteiger partial charge in [0.2, 0.25) is 5.91 Å². The van der Waals surface area contributed by atoms with E-state index in [1.54, 1.807) is 27.7 Å². The van der Waals surface area contributed by atoms with Crippen molar-refractivity contribution in [1.82, 2.24) is 4.67 Å². The predicted octanol–water partition coefficient (Wildman–Crippen LogP) is 3.35. The van der Waals surface area contributed by atoms with Crippen LogP contribution < -0.4 is 0 Å². The molecule has 18 heavy (non-hydrogen) atoms. The number of nitrogens with zero attached hydrogens (tertiary/aromatic N) is 1. The summed E-state index contributed by atoms with van der Waals surface area (Å²) in [6.07, 6.45) is 2.60. The molecule has 0 aromatic carbocycles. The third kappa shape index (κ3) is 4.38. The zero-order valence-electron chi connectivity index (χ0n) is 11.7. The van der Waals surface area contributed by atoms with E-state index < -0.39 is 7.75 Å². The van der Waals surface area contributed by atoms with E-state index in [0.29, 0.717) is 13.0 Å². The lowest BCUT2D eigenvalue weighted by molar-refractivity contribution is -0.127. The van der Waals surface area contributed by atoms with E-state index in [1.807, 2.05) is 0 Å². The molecule has 0 bridgehead atoms. The maximum Gasteiger partial charge on any atom is 0.437 e. The van der Waals surface area contributed by atoms with Crippen LogP contribution in [0.1, 0.15) is 53.4 Å². The third-order valence-corrected chi connectivity index (χ3v) is 4.92. The Morgan fingerprint density at radius 2 is 1.61 bits per heavy atom. The van der Waals surface area contributed by atoms with Crippen LogP contribution in [0.3, 0.4) is 0 Å². The fourth-order valence-electron chi connectivity index (χ4n) is 1.90. The number of carbonyl (C=O) groups excluding carboxylic acids is 1. The van der Waals surface area contributed by atoms with E-state index in [1.165, 1.54) is 4.67 Å². The highest BCUT2D eigenvalue weighted by molar-refractivity contribution is 7.52. The van der Waals surface area contributed by atoms with Crippen LogP contribution in [0, 0.1) is 0 Å². The van der Waals surface area contributed by atoms with Crippen molar-refractivity contribution in [3.05, 3.63) is 0 Å². The molecule has 1 amide bonds. The van der Waals surface area contributed by atoms with Crippen molar-refractivity contribution in [3.63, 3.8) is 0 Å². The minimum Gasteiger partial charge on any atom is -0.289 e. The standard InChI is InChI=1S/C12H24NO4P/c1-10(2)16-18(15,17-11(3)4)13-9-7-5-6-8-12(13)14/h10-11H,5-9H2,1-4H3. The maximum atomic E-state index is 12.8. The average Bonchev–Trinajstić information content (AvgIpc) is 2.40. The van der Waals surface area contributed by atoms with Crippen molar-refractivity contribution < 1.29 is 18.4 Å². The van der Waals surface area contributed by atoms with E-state index in [2.05, 4.69) is 0 Å². The van der Waals surface area contributed by atoms with Gasteiger partial charge in [-0.2, -0.15) is 0 Å². The van der Waals surface area contributed by atoms with Gasteiger partial charge < -0.3 is 0 Å². The van der Waals surface area contributed by atoms with Crippen LogP contribution in [-0.2, 0) is 18.4 Å². The van der Waals surface area contributed by atoms with Crippen molar-refractivity contribution in [2.24, 2.45) is 0 Å². The van der Waals surface area contributed by atoms with Crippen molar-refractivity contribution in [3.8, 4) is 0 Å². The summed E-state index contributed by atoms with van der Waals surface area (Å²) in [6.45, 7) is 7.62. The van der Waals surface area contributed by atoms with Crippen molar-refractivity contribution >= 4 is 13.7 Å². The second kappa shape index (κ2) is 6.69. The zero-order chi connectivity index (χ0) is 13.8. The summed E-state index contributed by atoms with van der Waals surface area (Å²) < 4.78 is 25.0. The molecule has 0 spiro atoms. The van der Waals surface area contributed by atoms with E-state index in [9.17, 15) is 9.36 Å². The molecule has 6 heteroatoms. The van der Waals surface area contributed by atoms with Gasteiger partial charge in [-0.15, -0.1) is 0 Å². The van der Waals surface area contributed by atoms with Gasteiger partial charge in [0.05, 0.1) is 12.2 Å². The molecule has 0 saturated carbocycles. The number of hydrogen-bond donors (Lipinski definition) is 0. The molecule has 0 aliphatic carbocycles. The molecule has 0 aromatic rings. The van der Waals surface area contributed by atoms with Gasteiger partial charge in [0, 0.05) is 13.0 Å². The Morgan fingerprint density at radius 1 is 1.06 bits per heavy atom. The van der Waals surface area contributed by atoms with Gasteiger partial charge in [-0.25, -0.2) is 9.24 Å². The summed E-state index contributed by atoms with van der Waals surface area (Å²) in [5.74, 6) is -0.128. The van der Waals surface area contributed by atoms with Gasteiger partial charge in [-0.1, -0.05) is 6.42 Å². The van der Waals surface area contributed by atoms with Gasteiger partial charge in [0.15, 0.2) is 0 Å². The molecule has 0 unspecified atom stereocenters. The zero-order valence-corrected chi connectivity index (χ0v) is 12.6. The molecule has 5 nitrogen and oxygen atoms in total.